The standard InChI is InChI=1S/C21H18ClFN4O2/c1-2-11-25-13-24-19-18(25)20(28)26(12-14-3-7-16(23)8-4-14)21(29)27(19)17-9-5-15(22)6-10-17/h3-10,13H,2,11-12H2,1H3. The maximum atomic E-state index is 13.3. The molecular formula is C21H18ClFN4O2. The number of aryl methyl sites for hydroxylation is 1. The van der Waals surface area contributed by atoms with E-state index in [9.17, 15) is 14.0 Å². The number of hydrogen-bond donors (Lipinski definition) is 0. The number of fused-ring (bicyclic) bond motifs is 1. The monoisotopic (exact) mass is 412 g/mol. The van der Waals surface area contributed by atoms with E-state index in [0.717, 1.165) is 11.0 Å². The second-order valence-corrected chi connectivity index (χ2v) is 7.16. The first-order chi connectivity index (χ1) is 14.0. The van der Waals surface area contributed by atoms with Crippen LogP contribution in [0.3, 0.4) is 0 Å². The van der Waals surface area contributed by atoms with Gasteiger partial charge >= 0.3 is 5.69 Å². The molecule has 0 aliphatic rings. The summed E-state index contributed by atoms with van der Waals surface area (Å²) in [6, 6.07) is 12.5. The van der Waals surface area contributed by atoms with Gasteiger partial charge in [0.15, 0.2) is 11.2 Å². The minimum atomic E-state index is -0.518. The van der Waals surface area contributed by atoms with Crippen molar-refractivity contribution in [1.82, 2.24) is 18.7 Å². The lowest BCUT2D eigenvalue weighted by Crippen LogP contribution is -2.40. The van der Waals surface area contributed by atoms with Crippen LogP contribution in [0.15, 0.2) is 64.4 Å². The molecule has 0 saturated heterocycles. The van der Waals surface area contributed by atoms with E-state index in [-0.39, 0.29) is 12.4 Å². The first-order valence-corrected chi connectivity index (χ1v) is 9.58. The van der Waals surface area contributed by atoms with Crippen molar-refractivity contribution in [2.24, 2.45) is 0 Å². The van der Waals surface area contributed by atoms with Gasteiger partial charge in [0.2, 0.25) is 0 Å². The second-order valence-electron chi connectivity index (χ2n) is 6.72. The molecule has 0 N–H and O–H groups in total. The third kappa shape index (κ3) is 3.49. The molecule has 29 heavy (non-hydrogen) atoms. The van der Waals surface area contributed by atoms with Crippen LogP contribution in [0, 0.1) is 5.82 Å². The van der Waals surface area contributed by atoms with Crippen molar-refractivity contribution in [3.63, 3.8) is 0 Å². The number of benzene rings is 2. The summed E-state index contributed by atoms with van der Waals surface area (Å²) >= 11 is 5.99. The van der Waals surface area contributed by atoms with Gasteiger partial charge in [-0.05, 0) is 48.4 Å². The van der Waals surface area contributed by atoms with Crippen LogP contribution < -0.4 is 11.2 Å². The van der Waals surface area contributed by atoms with Crippen LogP contribution in [0.5, 0.6) is 0 Å². The Kier molecular flexibility index (Phi) is 5.07. The average molecular weight is 413 g/mol. The van der Waals surface area contributed by atoms with Gasteiger partial charge in [0.25, 0.3) is 5.56 Å². The van der Waals surface area contributed by atoms with Gasteiger partial charge in [-0.2, -0.15) is 0 Å². The number of halogens is 2. The fourth-order valence-corrected chi connectivity index (χ4v) is 3.45. The fraction of sp³-hybridized carbons (Fsp3) is 0.190. The molecule has 0 saturated carbocycles. The van der Waals surface area contributed by atoms with Crippen molar-refractivity contribution >= 4 is 22.8 Å². The maximum absolute atomic E-state index is 13.3. The van der Waals surface area contributed by atoms with Crippen LogP contribution in [0.4, 0.5) is 4.39 Å². The predicted octanol–water partition coefficient (Wildman–Crippen LogP) is 3.60. The number of aromatic nitrogens is 4. The van der Waals surface area contributed by atoms with Gasteiger partial charge < -0.3 is 4.57 Å². The van der Waals surface area contributed by atoms with E-state index < -0.39 is 11.2 Å². The van der Waals surface area contributed by atoms with Gasteiger partial charge in [-0.1, -0.05) is 30.7 Å². The van der Waals surface area contributed by atoms with Gasteiger partial charge in [0.05, 0.1) is 18.6 Å². The summed E-state index contributed by atoms with van der Waals surface area (Å²) < 4.78 is 17.6. The zero-order valence-electron chi connectivity index (χ0n) is 15.7. The largest absolute Gasteiger partial charge is 0.337 e. The molecule has 4 aromatic rings. The summed E-state index contributed by atoms with van der Waals surface area (Å²) in [5.74, 6) is -0.379. The molecule has 0 fully saturated rings. The Labute approximate surface area is 170 Å². The van der Waals surface area contributed by atoms with Crippen molar-refractivity contribution in [1.29, 1.82) is 0 Å². The Balaban J connectivity index is 2.00. The first kappa shape index (κ1) is 19.1. The normalized spacial score (nSPS) is 11.3. The summed E-state index contributed by atoms with van der Waals surface area (Å²) in [7, 11) is 0. The van der Waals surface area contributed by atoms with Crippen molar-refractivity contribution in [3.05, 3.63) is 92.1 Å². The highest BCUT2D eigenvalue weighted by molar-refractivity contribution is 6.30. The molecule has 2 heterocycles. The van der Waals surface area contributed by atoms with E-state index in [4.69, 9.17) is 11.6 Å². The predicted molar refractivity (Wildman–Crippen MR) is 110 cm³/mol. The molecule has 0 atom stereocenters. The Morgan fingerprint density at radius 3 is 2.38 bits per heavy atom. The zero-order chi connectivity index (χ0) is 20.5. The quantitative estimate of drug-likeness (QED) is 0.503. The Morgan fingerprint density at radius 2 is 1.72 bits per heavy atom. The van der Waals surface area contributed by atoms with Gasteiger partial charge in [-0.3, -0.25) is 9.36 Å². The van der Waals surface area contributed by atoms with Crippen LogP contribution in [0.2, 0.25) is 5.02 Å². The van der Waals surface area contributed by atoms with Crippen LogP contribution in [-0.4, -0.2) is 18.7 Å². The van der Waals surface area contributed by atoms with E-state index in [2.05, 4.69) is 4.98 Å². The number of hydrogen-bond acceptors (Lipinski definition) is 3. The summed E-state index contributed by atoms with van der Waals surface area (Å²) in [6.07, 6.45) is 2.38. The Hall–Kier alpha value is -3.19. The highest BCUT2D eigenvalue weighted by Gasteiger charge is 2.19. The van der Waals surface area contributed by atoms with Crippen molar-refractivity contribution in [2.45, 2.75) is 26.4 Å². The minimum absolute atomic E-state index is 0.0266. The molecule has 0 aliphatic carbocycles. The topological polar surface area (TPSA) is 61.8 Å². The lowest BCUT2D eigenvalue weighted by atomic mass is 10.2. The molecule has 2 aromatic carbocycles. The van der Waals surface area contributed by atoms with E-state index in [1.807, 2.05) is 6.92 Å². The van der Waals surface area contributed by atoms with Gasteiger partial charge in [-0.15, -0.1) is 0 Å². The number of imidazole rings is 1. The molecule has 4 rings (SSSR count). The van der Waals surface area contributed by atoms with Crippen LogP contribution in [0.25, 0.3) is 16.9 Å². The molecule has 0 bridgehead atoms. The van der Waals surface area contributed by atoms with E-state index in [1.165, 1.54) is 16.7 Å². The van der Waals surface area contributed by atoms with Crippen LogP contribution in [0.1, 0.15) is 18.9 Å². The lowest BCUT2D eigenvalue weighted by molar-refractivity contribution is 0.624. The molecule has 148 valence electrons. The summed E-state index contributed by atoms with van der Waals surface area (Å²) in [6.45, 7) is 2.62. The average Bonchev–Trinajstić information content (AvgIpc) is 3.12. The highest BCUT2D eigenvalue weighted by atomic mass is 35.5. The summed E-state index contributed by atoms with van der Waals surface area (Å²) in [5.41, 5.74) is 0.907. The summed E-state index contributed by atoms with van der Waals surface area (Å²) in [4.78, 5) is 30.9. The SMILES string of the molecule is CCCn1cnc2c1c(=O)n(Cc1ccc(F)cc1)c(=O)n2-c1ccc(Cl)cc1. The molecular weight excluding hydrogens is 395 g/mol. The first-order valence-electron chi connectivity index (χ1n) is 9.20. The fourth-order valence-electron chi connectivity index (χ4n) is 3.32. The van der Waals surface area contributed by atoms with E-state index >= 15 is 0 Å². The molecule has 0 amide bonds. The zero-order valence-corrected chi connectivity index (χ0v) is 16.4. The lowest BCUT2D eigenvalue weighted by Gasteiger charge is -2.13. The van der Waals surface area contributed by atoms with Gasteiger partial charge in [0.1, 0.15) is 5.82 Å². The van der Waals surface area contributed by atoms with Crippen molar-refractivity contribution in [2.75, 3.05) is 0 Å². The molecule has 2 aromatic heterocycles. The smallest absolute Gasteiger partial charge is 0.325 e. The van der Waals surface area contributed by atoms with E-state index in [1.54, 1.807) is 47.3 Å². The highest BCUT2D eigenvalue weighted by Crippen LogP contribution is 2.16. The Bertz CT molecular complexity index is 1290. The molecule has 6 nitrogen and oxygen atoms in total. The van der Waals surface area contributed by atoms with Gasteiger partial charge in [0, 0.05) is 11.6 Å². The maximum Gasteiger partial charge on any atom is 0.337 e. The molecule has 0 unspecified atom stereocenters. The molecule has 0 spiro atoms. The third-order valence-corrected chi connectivity index (χ3v) is 4.96. The number of rotatable bonds is 5. The number of nitrogens with zero attached hydrogens (tertiary/aromatic N) is 4. The summed E-state index contributed by atoms with van der Waals surface area (Å²) in [5, 5.41) is 0.536. The molecule has 0 aliphatic heterocycles. The van der Waals surface area contributed by atoms with Crippen molar-refractivity contribution in [3.8, 4) is 5.69 Å². The van der Waals surface area contributed by atoms with Gasteiger partial charge in [-0.25, -0.2) is 18.7 Å². The minimum Gasteiger partial charge on any atom is -0.325 e. The van der Waals surface area contributed by atoms with Crippen LogP contribution >= 0.6 is 11.6 Å². The van der Waals surface area contributed by atoms with E-state index in [0.29, 0.717) is 34.0 Å². The van der Waals surface area contributed by atoms with Crippen molar-refractivity contribution < 1.29 is 4.39 Å². The Morgan fingerprint density at radius 1 is 1.03 bits per heavy atom. The molecule has 0 radical (unpaired) electrons. The van der Waals surface area contributed by atoms with Crippen LogP contribution in [-0.2, 0) is 13.1 Å². The third-order valence-electron chi connectivity index (χ3n) is 4.70. The second kappa shape index (κ2) is 7.67. The molecule has 8 heteroatoms.